The van der Waals surface area contributed by atoms with Gasteiger partial charge in [-0.1, -0.05) is 24.1 Å². The molecular formula is C16H26N2O2S. The summed E-state index contributed by atoms with van der Waals surface area (Å²) in [6.07, 6.45) is 4.74. The van der Waals surface area contributed by atoms with Crippen LogP contribution in [0.5, 0.6) is 0 Å². The van der Waals surface area contributed by atoms with E-state index in [-0.39, 0.29) is 0 Å². The van der Waals surface area contributed by atoms with Gasteiger partial charge < -0.3 is 4.90 Å². The van der Waals surface area contributed by atoms with Crippen molar-refractivity contribution in [3.05, 3.63) is 29.3 Å². The van der Waals surface area contributed by atoms with Gasteiger partial charge in [-0.2, -0.15) is 0 Å². The van der Waals surface area contributed by atoms with Crippen molar-refractivity contribution in [2.24, 2.45) is 0 Å². The molecule has 0 unspecified atom stereocenters. The fraction of sp³-hybridized carbons (Fsp3) is 0.625. The predicted octanol–water partition coefficient (Wildman–Crippen LogP) is 2.46. The first-order chi connectivity index (χ1) is 9.99. The average molecular weight is 310 g/mol. The van der Waals surface area contributed by atoms with Gasteiger partial charge in [0, 0.05) is 6.54 Å². The van der Waals surface area contributed by atoms with Crippen LogP contribution in [0.1, 0.15) is 36.8 Å². The van der Waals surface area contributed by atoms with E-state index in [0.29, 0.717) is 11.4 Å². The summed E-state index contributed by atoms with van der Waals surface area (Å²) in [5.74, 6) is 0. The van der Waals surface area contributed by atoms with Crippen LogP contribution in [-0.2, 0) is 10.0 Å². The van der Waals surface area contributed by atoms with Crippen LogP contribution in [0, 0.1) is 13.8 Å². The monoisotopic (exact) mass is 310 g/mol. The molecule has 1 aliphatic heterocycles. The number of aryl methyl sites for hydroxylation is 2. The van der Waals surface area contributed by atoms with E-state index in [2.05, 4.69) is 9.62 Å². The molecule has 0 saturated carbocycles. The number of hydrogen-bond acceptors (Lipinski definition) is 3. The predicted molar refractivity (Wildman–Crippen MR) is 86.0 cm³/mol. The van der Waals surface area contributed by atoms with Gasteiger partial charge in [-0.05, 0) is 64.4 Å². The van der Waals surface area contributed by atoms with Gasteiger partial charge in [0.2, 0.25) is 10.0 Å². The fourth-order valence-corrected chi connectivity index (χ4v) is 4.17. The number of piperidine rings is 1. The molecular weight excluding hydrogens is 284 g/mol. The Balaban J connectivity index is 1.83. The van der Waals surface area contributed by atoms with E-state index in [9.17, 15) is 8.42 Å². The zero-order valence-electron chi connectivity index (χ0n) is 13.1. The van der Waals surface area contributed by atoms with E-state index in [1.54, 1.807) is 6.07 Å². The topological polar surface area (TPSA) is 49.4 Å². The lowest BCUT2D eigenvalue weighted by Gasteiger charge is -2.26. The summed E-state index contributed by atoms with van der Waals surface area (Å²) in [7, 11) is -3.38. The molecule has 5 heteroatoms. The molecule has 1 heterocycles. The Morgan fingerprint density at radius 3 is 2.52 bits per heavy atom. The van der Waals surface area contributed by atoms with Crippen LogP contribution < -0.4 is 4.72 Å². The van der Waals surface area contributed by atoms with E-state index in [4.69, 9.17) is 0 Å². The van der Waals surface area contributed by atoms with Crippen molar-refractivity contribution in [3.8, 4) is 0 Å². The number of rotatable bonds is 6. The van der Waals surface area contributed by atoms with E-state index >= 15 is 0 Å². The molecule has 21 heavy (non-hydrogen) atoms. The highest BCUT2D eigenvalue weighted by Crippen LogP contribution is 2.16. The molecule has 1 aliphatic rings. The lowest BCUT2D eigenvalue weighted by Crippen LogP contribution is -2.33. The van der Waals surface area contributed by atoms with Gasteiger partial charge >= 0.3 is 0 Å². The van der Waals surface area contributed by atoms with Gasteiger partial charge in [-0.25, -0.2) is 13.1 Å². The van der Waals surface area contributed by atoms with Crippen LogP contribution in [0.15, 0.2) is 23.1 Å². The van der Waals surface area contributed by atoms with Crippen molar-refractivity contribution < 1.29 is 8.42 Å². The third-order valence-corrected chi connectivity index (χ3v) is 5.63. The highest BCUT2D eigenvalue weighted by molar-refractivity contribution is 7.89. The maximum atomic E-state index is 12.3. The molecule has 0 aromatic heterocycles. The highest BCUT2D eigenvalue weighted by atomic mass is 32.2. The van der Waals surface area contributed by atoms with Crippen LogP contribution in [0.2, 0.25) is 0 Å². The van der Waals surface area contributed by atoms with Crippen LogP contribution >= 0.6 is 0 Å². The molecule has 0 atom stereocenters. The van der Waals surface area contributed by atoms with E-state index in [1.807, 2.05) is 26.0 Å². The molecule has 2 rings (SSSR count). The Morgan fingerprint density at radius 2 is 1.86 bits per heavy atom. The quantitative estimate of drug-likeness (QED) is 0.821. The Bertz CT molecular complexity index is 564. The number of sulfonamides is 1. The van der Waals surface area contributed by atoms with Crippen molar-refractivity contribution >= 4 is 10.0 Å². The van der Waals surface area contributed by atoms with Gasteiger partial charge in [-0.3, -0.25) is 0 Å². The van der Waals surface area contributed by atoms with Gasteiger partial charge in [0.25, 0.3) is 0 Å². The van der Waals surface area contributed by atoms with Gasteiger partial charge in [0.1, 0.15) is 0 Å². The van der Waals surface area contributed by atoms with Crippen molar-refractivity contribution in [2.45, 2.75) is 44.4 Å². The first kappa shape index (κ1) is 16.5. The average Bonchev–Trinajstić information content (AvgIpc) is 2.44. The summed E-state index contributed by atoms with van der Waals surface area (Å²) in [6, 6.07) is 5.44. The lowest BCUT2D eigenvalue weighted by atomic mass is 10.1. The summed E-state index contributed by atoms with van der Waals surface area (Å²) in [5, 5.41) is 0. The SMILES string of the molecule is Cc1ccc(S(=O)(=O)NCCCN2CCCCC2)c(C)c1. The Labute approximate surface area is 128 Å². The van der Waals surface area contributed by atoms with Gasteiger partial charge in [0.15, 0.2) is 0 Å². The number of nitrogens with one attached hydrogen (secondary N) is 1. The molecule has 118 valence electrons. The second kappa shape index (κ2) is 7.38. The minimum absolute atomic E-state index is 0.395. The summed E-state index contributed by atoms with van der Waals surface area (Å²) in [5.41, 5.74) is 1.88. The number of likely N-dealkylation sites (tertiary alicyclic amines) is 1. The summed E-state index contributed by atoms with van der Waals surface area (Å²) >= 11 is 0. The maximum Gasteiger partial charge on any atom is 0.240 e. The number of benzene rings is 1. The van der Waals surface area contributed by atoms with Gasteiger partial charge in [0.05, 0.1) is 4.90 Å². The van der Waals surface area contributed by atoms with Crippen LogP contribution in [0.3, 0.4) is 0 Å². The molecule has 0 radical (unpaired) electrons. The summed E-state index contributed by atoms with van der Waals surface area (Å²) in [4.78, 5) is 2.82. The van der Waals surface area contributed by atoms with Crippen LogP contribution in [0.25, 0.3) is 0 Å². The third-order valence-electron chi connectivity index (χ3n) is 4.01. The van der Waals surface area contributed by atoms with Crippen molar-refractivity contribution in [1.29, 1.82) is 0 Å². The van der Waals surface area contributed by atoms with Crippen molar-refractivity contribution in [3.63, 3.8) is 0 Å². The normalized spacial score (nSPS) is 17.0. The largest absolute Gasteiger partial charge is 0.303 e. The van der Waals surface area contributed by atoms with Gasteiger partial charge in [-0.15, -0.1) is 0 Å². The molecule has 0 spiro atoms. The molecule has 1 aromatic rings. The zero-order valence-corrected chi connectivity index (χ0v) is 13.9. The summed E-state index contributed by atoms with van der Waals surface area (Å²) < 4.78 is 27.3. The van der Waals surface area contributed by atoms with E-state index in [0.717, 1.165) is 37.2 Å². The van der Waals surface area contributed by atoms with Crippen LogP contribution in [-0.4, -0.2) is 39.5 Å². The second-order valence-electron chi connectivity index (χ2n) is 5.92. The number of hydrogen-bond donors (Lipinski definition) is 1. The van der Waals surface area contributed by atoms with E-state index in [1.165, 1.54) is 19.3 Å². The van der Waals surface area contributed by atoms with Crippen LogP contribution in [0.4, 0.5) is 0 Å². The van der Waals surface area contributed by atoms with Crippen molar-refractivity contribution in [2.75, 3.05) is 26.2 Å². The molecule has 4 nitrogen and oxygen atoms in total. The molecule has 1 fully saturated rings. The first-order valence-corrected chi connectivity index (χ1v) is 9.27. The third kappa shape index (κ3) is 4.80. The molecule has 1 N–H and O–H groups in total. The first-order valence-electron chi connectivity index (χ1n) is 7.78. The van der Waals surface area contributed by atoms with E-state index < -0.39 is 10.0 Å². The summed E-state index contributed by atoms with van der Waals surface area (Å²) in [6.45, 7) is 7.61. The minimum Gasteiger partial charge on any atom is -0.303 e. The highest BCUT2D eigenvalue weighted by Gasteiger charge is 2.16. The Morgan fingerprint density at radius 1 is 1.14 bits per heavy atom. The smallest absolute Gasteiger partial charge is 0.240 e. The second-order valence-corrected chi connectivity index (χ2v) is 7.66. The lowest BCUT2D eigenvalue weighted by molar-refractivity contribution is 0.227. The molecule has 1 aromatic carbocycles. The Kier molecular flexibility index (Phi) is 5.79. The minimum atomic E-state index is -3.38. The van der Waals surface area contributed by atoms with Crippen molar-refractivity contribution in [1.82, 2.24) is 9.62 Å². The number of nitrogens with zero attached hydrogens (tertiary/aromatic N) is 1. The molecule has 0 aliphatic carbocycles. The molecule has 0 bridgehead atoms. The fourth-order valence-electron chi connectivity index (χ4n) is 2.87. The molecule has 1 saturated heterocycles. The Hall–Kier alpha value is -0.910. The maximum absolute atomic E-state index is 12.3. The standard InChI is InChI=1S/C16H26N2O2S/c1-14-7-8-16(15(2)13-14)21(19,20)17-9-6-12-18-10-4-3-5-11-18/h7-8,13,17H,3-6,9-12H2,1-2H3. The zero-order chi connectivity index (χ0) is 15.3. The molecule has 0 amide bonds.